The Balaban J connectivity index is 2.51. The molecule has 1 atom stereocenters. The van der Waals surface area contributed by atoms with Gasteiger partial charge >= 0.3 is 0 Å². The molecular formula is C13H9ClF2O. The molecule has 0 amide bonds. The Morgan fingerprint density at radius 2 is 1.53 bits per heavy atom. The van der Waals surface area contributed by atoms with Crippen LogP contribution in [0.3, 0.4) is 0 Å². The van der Waals surface area contributed by atoms with Crippen molar-refractivity contribution in [3.63, 3.8) is 0 Å². The lowest BCUT2D eigenvalue weighted by Crippen LogP contribution is -2.06. The second kappa shape index (κ2) is 4.82. The van der Waals surface area contributed by atoms with E-state index in [1.807, 2.05) is 0 Å². The summed E-state index contributed by atoms with van der Waals surface area (Å²) in [5.74, 6) is -1.59. The van der Waals surface area contributed by atoms with Crippen molar-refractivity contribution >= 4 is 11.6 Å². The molecule has 1 unspecified atom stereocenters. The Hall–Kier alpha value is -1.45. The smallest absolute Gasteiger partial charge is 0.132 e. The van der Waals surface area contributed by atoms with Gasteiger partial charge in [-0.3, -0.25) is 0 Å². The molecule has 0 saturated heterocycles. The molecule has 0 aliphatic heterocycles. The van der Waals surface area contributed by atoms with E-state index in [9.17, 15) is 13.9 Å². The lowest BCUT2D eigenvalue weighted by atomic mass is 10.0. The highest BCUT2D eigenvalue weighted by molar-refractivity contribution is 6.31. The molecule has 1 N–H and O–H groups in total. The van der Waals surface area contributed by atoms with Crippen molar-refractivity contribution in [3.05, 3.63) is 70.2 Å². The number of rotatable bonds is 2. The van der Waals surface area contributed by atoms with Gasteiger partial charge in [0, 0.05) is 10.6 Å². The third kappa shape index (κ3) is 2.30. The van der Waals surface area contributed by atoms with Gasteiger partial charge in [-0.05, 0) is 18.2 Å². The molecule has 0 spiro atoms. The molecule has 0 aromatic heterocycles. The number of hydrogen-bond acceptors (Lipinski definition) is 1. The second-order valence-corrected chi connectivity index (χ2v) is 3.97. The van der Waals surface area contributed by atoms with Crippen molar-refractivity contribution in [2.45, 2.75) is 6.10 Å². The van der Waals surface area contributed by atoms with E-state index < -0.39 is 17.7 Å². The summed E-state index contributed by atoms with van der Waals surface area (Å²) in [5, 5.41) is 10.2. The lowest BCUT2D eigenvalue weighted by Gasteiger charge is -2.14. The molecule has 2 rings (SSSR count). The van der Waals surface area contributed by atoms with E-state index in [1.54, 1.807) is 18.2 Å². The first kappa shape index (κ1) is 12.0. The minimum absolute atomic E-state index is 0.266. The quantitative estimate of drug-likeness (QED) is 0.866. The van der Waals surface area contributed by atoms with Crippen molar-refractivity contribution in [1.29, 1.82) is 0 Å². The maximum absolute atomic E-state index is 13.5. The van der Waals surface area contributed by atoms with Gasteiger partial charge in [-0.15, -0.1) is 0 Å². The van der Waals surface area contributed by atoms with Gasteiger partial charge in [0.25, 0.3) is 0 Å². The Morgan fingerprint density at radius 3 is 2.12 bits per heavy atom. The molecule has 0 saturated carbocycles. The van der Waals surface area contributed by atoms with E-state index in [0.29, 0.717) is 0 Å². The van der Waals surface area contributed by atoms with Crippen LogP contribution in [-0.2, 0) is 0 Å². The van der Waals surface area contributed by atoms with Crippen molar-refractivity contribution in [2.24, 2.45) is 0 Å². The summed E-state index contributed by atoms with van der Waals surface area (Å²) in [6, 6.07) is 9.83. The average Bonchev–Trinajstić information content (AvgIpc) is 2.29. The molecule has 0 bridgehead atoms. The van der Waals surface area contributed by atoms with Crippen LogP contribution in [0.5, 0.6) is 0 Å². The zero-order valence-corrected chi connectivity index (χ0v) is 9.46. The van der Waals surface area contributed by atoms with Crippen molar-refractivity contribution in [2.75, 3.05) is 0 Å². The second-order valence-electron chi connectivity index (χ2n) is 3.56. The minimum atomic E-state index is -1.41. The number of aliphatic hydroxyl groups excluding tert-OH is 1. The molecule has 0 heterocycles. The van der Waals surface area contributed by atoms with Gasteiger partial charge in [-0.2, -0.15) is 0 Å². The van der Waals surface area contributed by atoms with E-state index >= 15 is 0 Å². The molecule has 88 valence electrons. The summed E-state index contributed by atoms with van der Waals surface area (Å²) < 4.78 is 27.0. The van der Waals surface area contributed by atoms with E-state index in [-0.39, 0.29) is 16.1 Å². The standard InChI is InChI=1S/C13H9ClF2O/c14-9-5-2-1-4-8(9)13(17)12-10(15)6-3-7-11(12)16/h1-7,13,17H. The van der Waals surface area contributed by atoms with Crippen molar-refractivity contribution < 1.29 is 13.9 Å². The monoisotopic (exact) mass is 254 g/mol. The predicted molar refractivity (Wildman–Crippen MR) is 61.9 cm³/mol. The van der Waals surface area contributed by atoms with Crippen LogP contribution in [0.25, 0.3) is 0 Å². The Kier molecular flexibility index (Phi) is 3.41. The highest BCUT2D eigenvalue weighted by Crippen LogP contribution is 2.30. The van der Waals surface area contributed by atoms with Gasteiger partial charge in [0.2, 0.25) is 0 Å². The maximum Gasteiger partial charge on any atom is 0.132 e. The molecule has 0 aliphatic carbocycles. The zero-order chi connectivity index (χ0) is 12.4. The van der Waals surface area contributed by atoms with E-state index in [2.05, 4.69) is 0 Å². The molecule has 17 heavy (non-hydrogen) atoms. The predicted octanol–water partition coefficient (Wildman–Crippen LogP) is 3.70. The normalized spacial score (nSPS) is 12.5. The molecular weight excluding hydrogens is 246 g/mol. The largest absolute Gasteiger partial charge is 0.383 e. The van der Waals surface area contributed by atoms with Crippen LogP contribution in [0.15, 0.2) is 42.5 Å². The van der Waals surface area contributed by atoms with E-state index in [0.717, 1.165) is 12.1 Å². The highest BCUT2D eigenvalue weighted by Gasteiger charge is 2.20. The van der Waals surface area contributed by atoms with Gasteiger partial charge in [0.05, 0.1) is 5.56 Å². The Bertz CT molecular complexity index is 522. The van der Waals surface area contributed by atoms with Gasteiger partial charge in [0.1, 0.15) is 17.7 Å². The number of aliphatic hydroxyl groups is 1. The summed E-state index contributed by atoms with van der Waals surface area (Å²) in [6.45, 7) is 0. The summed E-state index contributed by atoms with van der Waals surface area (Å²) in [7, 11) is 0. The van der Waals surface area contributed by atoms with Crippen LogP contribution < -0.4 is 0 Å². The van der Waals surface area contributed by atoms with E-state index in [1.165, 1.54) is 12.1 Å². The van der Waals surface area contributed by atoms with Crippen LogP contribution in [0.4, 0.5) is 8.78 Å². The first-order valence-electron chi connectivity index (χ1n) is 4.97. The molecule has 0 aliphatic rings. The van der Waals surface area contributed by atoms with Crippen molar-refractivity contribution in [3.8, 4) is 0 Å². The SMILES string of the molecule is OC(c1ccccc1Cl)c1c(F)cccc1F. The first-order valence-corrected chi connectivity index (χ1v) is 5.35. The van der Waals surface area contributed by atoms with Crippen LogP contribution in [-0.4, -0.2) is 5.11 Å². The Labute approximate surface area is 102 Å². The number of hydrogen-bond donors (Lipinski definition) is 1. The van der Waals surface area contributed by atoms with Gasteiger partial charge in [-0.25, -0.2) is 8.78 Å². The Morgan fingerprint density at radius 1 is 0.941 bits per heavy atom. The third-order valence-corrected chi connectivity index (χ3v) is 2.82. The summed E-state index contributed by atoms with van der Waals surface area (Å²) in [5.41, 5.74) is -0.112. The molecule has 0 radical (unpaired) electrons. The van der Waals surface area contributed by atoms with Gasteiger partial charge in [-0.1, -0.05) is 35.9 Å². The summed E-state index contributed by atoms with van der Waals surface area (Å²) in [4.78, 5) is 0. The number of halogens is 3. The average molecular weight is 255 g/mol. The maximum atomic E-state index is 13.5. The fraction of sp³-hybridized carbons (Fsp3) is 0.0769. The molecule has 0 fully saturated rings. The minimum Gasteiger partial charge on any atom is -0.383 e. The summed E-state index contributed by atoms with van der Waals surface area (Å²) in [6.07, 6.45) is -1.41. The fourth-order valence-electron chi connectivity index (χ4n) is 1.62. The highest BCUT2D eigenvalue weighted by atomic mass is 35.5. The fourth-order valence-corrected chi connectivity index (χ4v) is 1.86. The molecule has 2 aromatic rings. The van der Waals surface area contributed by atoms with Crippen LogP contribution in [0.2, 0.25) is 5.02 Å². The van der Waals surface area contributed by atoms with E-state index in [4.69, 9.17) is 11.6 Å². The van der Waals surface area contributed by atoms with Crippen LogP contribution in [0, 0.1) is 11.6 Å². The van der Waals surface area contributed by atoms with Crippen LogP contribution >= 0.6 is 11.6 Å². The third-order valence-electron chi connectivity index (χ3n) is 2.47. The van der Waals surface area contributed by atoms with Crippen LogP contribution in [0.1, 0.15) is 17.2 Å². The molecule has 4 heteroatoms. The summed E-state index contributed by atoms with van der Waals surface area (Å²) >= 11 is 5.87. The van der Waals surface area contributed by atoms with Gasteiger partial charge < -0.3 is 5.11 Å². The number of benzene rings is 2. The molecule has 2 aromatic carbocycles. The van der Waals surface area contributed by atoms with Gasteiger partial charge in [0.15, 0.2) is 0 Å². The van der Waals surface area contributed by atoms with Crippen molar-refractivity contribution in [1.82, 2.24) is 0 Å². The topological polar surface area (TPSA) is 20.2 Å². The molecule has 1 nitrogen and oxygen atoms in total. The zero-order valence-electron chi connectivity index (χ0n) is 8.70. The first-order chi connectivity index (χ1) is 8.11. The lowest BCUT2D eigenvalue weighted by molar-refractivity contribution is 0.209.